The summed E-state index contributed by atoms with van der Waals surface area (Å²) in [6.07, 6.45) is 0.764. The first kappa shape index (κ1) is 14.5. The van der Waals surface area contributed by atoms with E-state index in [1.165, 1.54) is 7.11 Å². The average Bonchev–Trinajstić information content (AvgIpc) is 3.00. The predicted molar refractivity (Wildman–Crippen MR) is 76.7 cm³/mol. The first-order valence-corrected chi connectivity index (χ1v) is 7.32. The molecule has 5 atom stereocenters. The summed E-state index contributed by atoms with van der Waals surface area (Å²) < 4.78 is 10.8. The quantitative estimate of drug-likeness (QED) is 0.669. The molecule has 0 radical (unpaired) electrons. The number of fused-ring (bicyclic) bond motifs is 2. The van der Waals surface area contributed by atoms with Crippen molar-refractivity contribution in [3.63, 3.8) is 0 Å². The van der Waals surface area contributed by atoms with E-state index in [-0.39, 0.29) is 30.1 Å². The van der Waals surface area contributed by atoms with Gasteiger partial charge < -0.3 is 14.6 Å². The minimum absolute atomic E-state index is 0.164. The van der Waals surface area contributed by atoms with Crippen LogP contribution in [0.2, 0.25) is 0 Å². The van der Waals surface area contributed by atoms with Crippen molar-refractivity contribution in [2.45, 2.75) is 37.3 Å². The molecule has 2 aliphatic heterocycles. The van der Waals surface area contributed by atoms with Gasteiger partial charge in [-0.25, -0.2) is 4.79 Å². The topological polar surface area (TPSA) is 59.0 Å². The highest BCUT2D eigenvalue weighted by atomic mass is 16.6. The summed E-state index contributed by atoms with van der Waals surface area (Å²) in [5, 5.41) is 10.1. The molecule has 2 heterocycles. The molecule has 3 rings (SSSR count). The van der Waals surface area contributed by atoms with Gasteiger partial charge in [0.15, 0.2) is 6.29 Å². The van der Waals surface area contributed by atoms with Gasteiger partial charge in [-0.05, 0) is 32.0 Å². The molecule has 2 saturated heterocycles. The van der Waals surface area contributed by atoms with Crippen LogP contribution in [0.15, 0.2) is 30.3 Å². The lowest BCUT2D eigenvalue weighted by Gasteiger charge is -2.31. The zero-order valence-electron chi connectivity index (χ0n) is 12.3. The van der Waals surface area contributed by atoms with Crippen LogP contribution < -0.4 is 0 Å². The normalized spacial score (nSPS) is 33.1. The molecule has 114 valence electrons. The predicted octanol–water partition coefficient (Wildman–Crippen LogP) is 1.27. The summed E-state index contributed by atoms with van der Waals surface area (Å²) in [4.78, 5) is 14.5. The van der Waals surface area contributed by atoms with Gasteiger partial charge in [0.1, 0.15) is 6.10 Å². The van der Waals surface area contributed by atoms with Crippen molar-refractivity contribution in [1.82, 2.24) is 4.90 Å². The van der Waals surface area contributed by atoms with Crippen LogP contribution in [0, 0.1) is 5.92 Å². The molecule has 2 aliphatic rings. The highest BCUT2D eigenvalue weighted by Gasteiger charge is 2.56. The Kier molecular flexibility index (Phi) is 3.97. The Balaban J connectivity index is 1.78. The molecule has 5 nitrogen and oxygen atoms in total. The van der Waals surface area contributed by atoms with Gasteiger partial charge in [-0.3, -0.25) is 4.90 Å². The number of hydrogen-bond donors (Lipinski definition) is 1. The van der Waals surface area contributed by atoms with Crippen LogP contribution in [0.25, 0.3) is 0 Å². The van der Waals surface area contributed by atoms with Crippen LogP contribution in [0.4, 0.5) is 0 Å². The largest absolute Gasteiger partial charge is 0.457 e. The lowest BCUT2D eigenvalue weighted by atomic mass is 9.85. The molecule has 5 heteroatoms. The Morgan fingerprint density at radius 2 is 1.95 bits per heavy atom. The van der Waals surface area contributed by atoms with E-state index in [9.17, 15) is 9.90 Å². The summed E-state index contributed by atoms with van der Waals surface area (Å²) in [7, 11) is 3.50. The van der Waals surface area contributed by atoms with Gasteiger partial charge in [0, 0.05) is 19.2 Å². The Hall–Kier alpha value is -1.43. The van der Waals surface area contributed by atoms with Gasteiger partial charge in [-0.2, -0.15) is 0 Å². The van der Waals surface area contributed by atoms with Crippen LogP contribution in [0.5, 0.6) is 0 Å². The molecule has 2 fully saturated rings. The minimum atomic E-state index is -0.906. The van der Waals surface area contributed by atoms with Gasteiger partial charge >= 0.3 is 5.97 Å². The number of likely N-dealkylation sites (N-methyl/N-ethyl adjacent to an activating group) is 1. The van der Waals surface area contributed by atoms with Crippen LogP contribution in [-0.4, -0.2) is 54.6 Å². The average molecular weight is 291 g/mol. The highest BCUT2D eigenvalue weighted by Crippen LogP contribution is 2.44. The summed E-state index contributed by atoms with van der Waals surface area (Å²) in [5.41, 5.74) is 0.536. The van der Waals surface area contributed by atoms with Crippen LogP contribution in [0.1, 0.15) is 23.2 Å². The molecule has 0 saturated carbocycles. The molecule has 0 amide bonds. The molecule has 0 aliphatic carbocycles. The van der Waals surface area contributed by atoms with E-state index in [4.69, 9.17) is 9.47 Å². The molecular weight excluding hydrogens is 270 g/mol. The fraction of sp³-hybridized carbons (Fsp3) is 0.562. The first-order valence-electron chi connectivity index (χ1n) is 7.32. The molecular formula is C16H21NO4. The standard InChI is InChI=1S/C16H21NO4/c1-17-11-8-9-12(17)14(13(11)16(19)20-2)21-15(18)10-6-4-3-5-7-10/h3-7,11-14,16,19H,8-9H2,1-2H3. The van der Waals surface area contributed by atoms with Gasteiger partial charge in [-0.15, -0.1) is 0 Å². The number of benzene rings is 1. The maximum Gasteiger partial charge on any atom is 0.338 e. The Morgan fingerprint density at radius 1 is 1.29 bits per heavy atom. The van der Waals surface area contributed by atoms with Crippen molar-refractivity contribution in [3.05, 3.63) is 35.9 Å². The third-order valence-corrected chi connectivity index (χ3v) is 4.83. The lowest BCUT2D eigenvalue weighted by molar-refractivity contribution is -0.144. The zero-order chi connectivity index (χ0) is 15.0. The number of hydrogen-bond acceptors (Lipinski definition) is 5. The van der Waals surface area contributed by atoms with Gasteiger partial charge in [0.05, 0.1) is 11.5 Å². The second-order valence-electron chi connectivity index (χ2n) is 5.82. The summed E-state index contributed by atoms with van der Waals surface area (Å²) in [5.74, 6) is -0.527. The van der Waals surface area contributed by atoms with Crippen molar-refractivity contribution in [2.24, 2.45) is 5.92 Å². The van der Waals surface area contributed by atoms with Crippen LogP contribution in [-0.2, 0) is 9.47 Å². The van der Waals surface area contributed by atoms with E-state index < -0.39 is 6.29 Å². The van der Waals surface area contributed by atoms with E-state index in [1.807, 2.05) is 25.2 Å². The molecule has 0 spiro atoms. The second-order valence-corrected chi connectivity index (χ2v) is 5.82. The number of aliphatic hydroxyl groups is 1. The van der Waals surface area contributed by atoms with E-state index in [2.05, 4.69) is 4.90 Å². The number of carbonyl (C=O) groups is 1. The van der Waals surface area contributed by atoms with Crippen molar-refractivity contribution in [1.29, 1.82) is 0 Å². The molecule has 1 N–H and O–H groups in total. The molecule has 1 aromatic rings. The maximum atomic E-state index is 12.3. The number of esters is 1. The monoisotopic (exact) mass is 291 g/mol. The van der Waals surface area contributed by atoms with Crippen molar-refractivity contribution in [2.75, 3.05) is 14.2 Å². The minimum Gasteiger partial charge on any atom is -0.457 e. The summed E-state index contributed by atoms with van der Waals surface area (Å²) >= 11 is 0. The number of ether oxygens (including phenoxy) is 2. The molecule has 21 heavy (non-hydrogen) atoms. The van der Waals surface area contributed by atoms with Crippen LogP contribution >= 0.6 is 0 Å². The fourth-order valence-corrected chi connectivity index (χ4v) is 3.76. The maximum absolute atomic E-state index is 12.3. The Bertz CT molecular complexity index is 506. The van der Waals surface area contributed by atoms with E-state index in [0.29, 0.717) is 5.56 Å². The van der Waals surface area contributed by atoms with E-state index in [0.717, 1.165) is 12.8 Å². The number of carbonyl (C=O) groups excluding carboxylic acids is 1. The number of rotatable bonds is 4. The second kappa shape index (κ2) is 5.75. The fourth-order valence-electron chi connectivity index (χ4n) is 3.76. The SMILES string of the molecule is COC(O)C1C(OC(=O)c2ccccc2)C2CCC1N2C. The smallest absolute Gasteiger partial charge is 0.338 e. The third kappa shape index (κ3) is 2.46. The van der Waals surface area contributed by atoms with E-state index in [1.54, 1.807) is 12.1 Å². The molecule has 5 unspecified atom stereocenters. The number of aliphatic hydroxyl groups excluding tert-OH is 1. The van der Waals surface area contributed by atoms with Crippen molar-refractivity contribution >= 4 is 5.97 Å². The molecule has 2 bridgehead atoms. The van der Waals surface area contributed by atoms with E-state index >= 15 is 0 Å². The van der Waals surface area contributed by atoms with Gasteiger partial charge in [-0.1, -0.05) is 18.2 Å². The third-order valence-electron chi connectivity index (χ3n) is 4.83. The van der Waals surface area contributed by atoms with Gasteiger partial charge in [0.25, 0.3) is 0 Å². The lowest BCUT2D eigenvalue weighted by Crippen LogP contribution is -2.43. The molecule has 0 aromatic heterocycles. The van der Waals surface area contributed by atoms with Gasteiger partial charge in [0.2, 0.25) is 0 Å². The number of nitrogens with zero attached hydrogens (tertiary/aromatic N) is 1. The summed E-state index contributed by atoms with van der Waals surface area (Å²) in [6, 6.07) is 9.33. The highest BCUT2D eigenvalue weighted by molar-refractivity contribution is 5.89. The first-order chi connectivity index (χ1) is 10.1. The van der Waals surface area contributed by atoms with Crippen LogP contribution in [0.3, 0.4) is 0 Å². The van der Waals surface area contributed by atoms with Crippen molar-refractivity contribution in [3.8, 4) is 0 Å². The summed E-state index contributed by atoms with van der Waals surface area (Å²) in [6.45, 7) is 0. The van der Waals surface area contributed by atoms with Crippen molar-refractivity contribution < 1.29 is 19.4 Å². The zero-order valence-corrected chi connectivity index (χ0v) is 12.3. The number of methoxy groups -OCH3 is 1. The Labute approximate surface area is 124 Å². The molecule has 1 aromatic carbocycles. The Morgan fingerprint density at radius 3 is 2.62 bits per heavy atom.